The second kappa shape index (κ2) is 10.5. The Bertz CT molecular complexity index is 1660. The van der Waals surface area contributed by atoms with Crippen molar-refractivity contribution in [2.75, 3.05) is 17.7 Å². The number of aryl methyl sites for hydroxylation is 2. The van der Waals surface area contributed by atoms with E-state index < -0.39 is 18.0 Å². The average Bonchev–Trinajstić information content (AvgIpc) is 3.37. The summed E-state index contributed by atoms with van der Waals surface area (Å²) in [6.45, 7) is -0.595. The first kappa shape index (κ1) is 24.6. The van der Waals surface area contributed by atoms with E-state index in [2.05, 4.69) is 15.4 Å². The molecule has 3 heterocycles. The molecule has 0 bridgehead atoms. The maximum Gasteiger partial charge on any atom is 0.261 e. The molecule has 0 unspecified atom stereocenters. The van der Waals surface area contributed by atoms with Gasteiger partial charge in [-0.2, -0.15) is 5.10 Å². The molecule has 8 nitrogen and oxygen atoms in total. The average molecular weight is 509 g/mol. The molecule has 0 aliphatic carbocycles. The SMILES string of the molecule is Cn1cc(-c2cnc(N)c(-c3ccc(NC(=O)c4cn(CCF)cc(-c5ccccc5)c4=O)cc3)c2)cn1. The largest absolute Gasteiger partial charge is 0.383 e. The fraction of sp³-hybridized carbons (Fsp3) is 0.103. The van der Waals surface area contributed by atoms with Gasteiger partial charge in [0.15, 0.2) is 0 Å². The van der Waals surface area contributed by atoms with E-state index in [1.807, 2.05) is 37.5 Å². The summed E-state index contributed by atoms with van der Waals surface area (Å²) in [5.41, 5.74) is 10.5. The van der Waals surface area contributed by atoms with Crippen LogP contribution in [0.25, 0.3) is 33.4 Å². The molecule has 5 rings (SSSR count). The number of aromatic nitrogens is 4. The third kappa shape index (κ3) is 5.08. The van der Waals surface area contributed by atoms with Gasteiger partial charge in [0.2, 0.25) is 5.43 Å². The van der Waals surface area contributed by atoms with E-state index in [0.29, 0.717) is 22.6 Å². The Morgan fingerprint density at radius 1 is 0.921 bits per heavy atom. The zero-order chi connectivity index (χ0) is 26.6. The predicted molar refractivity (Wildman–Crippen MR) is 146 cm³/mol. The van der Waals surface area contributed by atoms with Crippen molar-refractivity contribution in [1.29, 1.82) is 0 Å². The smallest absolute Gasteiger partial charge is 0.261 e. The number of anilines is 2. The van der Waals surface area contributed by atoms with Gasteiger partial charge in [0.25, 0.3) is 5.91 Å². The molecule has 3 aromatic heterocycles. The number of nitrogens with two attached hydrogens (primary N) is 1. The first-order valence-corrected chi connectivity index (χ1v) is 11.9. The number of alkyl halides is 1. The molecule has 38 heavy (non-hydrogen) atoms. The Morgan fingerprint density at radius 3 is 2.34 bits per heavy atom. The second-order valence-electron chi connectivity index (χ2n) is 8.80. The third-order valence-corrected chi connectivity index (χ3v) is 6.16. The van der Waals surface area contributed by atoms with Crippen LogP contribution in [0.15, 0.2) is 96.4 Å². The molecule has 0 radical (unpaired) electrons. The second-order valence-corrected chi connectivity index (χ2v) is 8.80. The summed E-state index contributed by atoms with van der Waals surface area (Å²) in [6.07, 6.45) is 8.30. The highest BCUT2D eigenvalue weighted by Crippen LogP contribution is 2.30. The molecular weight excluding hydrogens is 483 g/mol. The summed E-state index contributed by atoms with van der Waals surface area (Å²) < 4.78 is 16.3. The molecule has 0 fully saturated rings. The normalized spacial score (nSPS) is 10.9. The summed E-state index contributed by atoms with van der Waals surface area (Å²) in [5, 5.41) is 6.98. The fourth-order valence-electron chi connectivity index (χ4n) is 4.21. The summed E-state index contributed by atoms with van der Waals surface area (Å²) in [4.78, 5) is 30.6. The number of nitrogens with zero attached hydrogens (tertiary/aromatic N) is 4. The van der Waals surface area contributed by atoms with Gasteiger partial charge in [-0.15, -0.1) is 0 Å². The van der Waals surface area contributed by atoms with E-state index in [4.69, 9.17) is 5.73 Å². The van der Waals surface area contributed by atoms with E-state index in [1.54, 1.807) is 59.7 Å². The van der Waals surface area contributed by atoms with Gasteiger partial charge in [-0.3, -0.25) is 14.3 Å². The Hall–Kier alpha value is -5.05. The Balaban J connectivity index is 1.42. The Morgan fingerprint density at radius 2 is 1.66 bits per heavy atom. The number of benzene rings is 2. The van der Waals surface area contributed by atoms with Gasteiger partial charge in [0, 0.05) is 59.8 Å². The minimum atomic E-state index is -0.625. The molecule has 0 atom stereocenters. The van der Waals surface area contributed by atoms with Crippen molar-refractivity contribution >= 4 is 17.4 Å². The van der Waals surface area contributed by atoms with Crippen molar-refractivity contribution in [2.24, 2.45) is 7.05 Å². The highest BCUT2D eigenvalue weighted by Gasteiger charge is 2.17. The Kier molecular flexibility index (Phi) is 6.82. The first-order chi connectivity index (χ1) is 18.4. The van der Waals surface area contributed by atoms with Gasteiger partial charge in [-0.05, 0) is 29.3 Å². The van der Waals surface area contributed by atoms with Crippen LogP contribution in [-0.4, -0.2) is 31.9 Å². The molecule has 0 aliphatic heterocycles. The van der Waals surface area contributed by atoms with Gasteiger partial charge < -0.3 is 15.6 Å². The van der Waals surface area contributed by atoms with Crippen LogP contribution in [0.4, 0.5) is 15.9 Å². The summed E-state index contributed by atoms with van der Waals surface area (Å²) >= 11 is 0. The molecule has 3 N–H and O–H groups in total. The van der Waals surface area contributed by atoms with Crippen molar-refractivity contribution in [2.45, 2.75) is 6.54 Å². The standard InChI is InChI=1S/C29H25FN6O2/c1-35-16-22(15-33-35)21-13-24(28(31)32-14-21)20-7-9-23(10-8-20)34-29(38)26-18-36(12-11-30)17-25(27(26)37)19-5-3-2-4-6-19/h2-10,13-18H,11-12H2,1H3,(H2,31,32)(H,34,38). The molecule has 190 valence electrons. The molecule has 0 spiro atoms. The van der Waals surface area contributed by atoms with E-state index in [9.17, 15) is 14.0 Å². The maximum atomic E-state index is 13.2. The molecule has 0 saturated carbocycles. The molecule has 9 heteroatoms. The minimum absolute atomic E-state index is 0.0304. The van der Waals surface area contributed by atoms with Gasteiger partial charge in [0.1, 0.15) is 18.1 Å². The molecule has 5 aromatic rings. The number of hydrogen-bond acceptors (Lipinski definition) is 5. The number of amides is 1. The summed E-state index contributed by atoms with van der Waals surface area (Å²) in [5.74, 6) is -0.200. The van der Waals surface area contributed by atoms with Crippen LogP contribution in [0.3, 0.4) is 0 Å². The lowest BCUT2D eigenvalue weighted by atomic mass is 10.0. The predicted octanol–water partition coefficient (Wildman–Crippen LogP) is 4.78. The highest BCUT2D eigenvalue weighted by molar-refractivity contribution is 6.04. The van der Waals surface area contributed by atoms with Crippen molar-refractivity contribution in [3.8, 4) is 33.4 Å². The zero-order valence-electron chi connectivity index (χ0n) is 20.6. The van der Waals surface area contributed by atoms with Crippen LogP contribution in [-0.2, 0) is 13.6 Å². The van der Waals surface area contributed by atoms with Gasteiger partial charge >= 0.3 is 0 Å². The number of nitrogens with one attached hydrogen (secondary N) is 1. The molecular formula is C29H25FN6O2. The molecule has 1 amide bonds. The summed E-state index contributed by atoms with van der Waals surface area (Å²) in [6, 6.07) is 18.0. The lowest BCUT2D eigenvalue weighted by Crippen LogP contribution is -2.24. The van der Waals surface area contributed by atoms with Crippen LogP contribution in [0, 0.1) is 0 Å². The van der Waals surface area contributed by atoms with Crippen molar-refractivity contribution in [3.63, 3.8) is 0 Å². The van der Waals surface area contributed by atoms with Crippen molar-refractivity contribution < 1.29 is 9.18 Å². The lowest BCUT2D eigenvalue weighted by Gasteiger charge is -2.12. The fourth-order valence-corrected chi connectivity index (χ4v) is 4.21. The van der Waals surface area contributed by atoms with E-state index >= 15 is 0 Å². The number of rotatable bonds is 7. The molecule has 0 saturated heterocycles. The van der Waals surface area contributed by atoms with Crippen LogP contribution < -0.4 is 16.5 Å². The van der Waals surface area contributed by atoms with E-state index in [0.717, 1.165) is 22.3 Å². The maximum absolute atomic E-state index is 13.2. The van der Waals surface area contributed by atoms with Crippen LogP contribution in [0.2, 0.25) is 0 Å². The van der Waals surface area contributed by atoms with Crippen molar-refractivity contribution in [3.05, 3.63) is 107 Å². The van der Waals surface area contributed by atoms with E-state index in [1.165, 1.54) is 10.8 Å². The number of hydrogen-bond donors (Lipinski definition) is 2. The number of nitrogen functional groups attached to an aromatic ring is 1. The zero-order valence-corrected chi connectivity index (χ0v) is 20.6. The third-order valence-electron chi connectivity index (χ3n) is 6.16. The number of carbonyl (C=O) groups excluding carboxylic acids is 1. The molecule has 0 aliphatic rings. The van der Waals surface area contributed by atoms with Crippen LogP contribution in [0.5, 0.6) is 0 Å². The number of halogens is 1. The first-order valence-electron chi connectivity index (χ1n) is 11.9. The van der Waals surface area contributed by atoms with Crippen LogP contribution >= 0.6 is 0 Å². The van der Waals surface area contributed by atoms with Crippen molar-refractivity contribution in [1.82, 2.24) is 19.3 Å². The highest BCUT2D eigenvalue weighted by atomic mass is 19.1. The summed E-state index contributed by atoms with van der Waals surface area (Å²) in [7, 11) is 1.84. The number of pyridine rings is 2. The van der Waals surface area contributed by atoms with Crippen LogP contribution in [0.1, 0.15) is 10.4 Å². The number of carbonyl (C=O) groups is 1. The van der Waals surface area contributed by atoms with E-state index in [-0.39, 0.29) is 12.1 Å². The Labute approximate surface area is 218 Å². The lowest BCUT2D eigenvalue weighted by molar-refractivity contribution is 0.102. The van der Waals surface area contributed by atoms with Gasteiger partial charge in [-0.1, -0.05) is 42.5 Å². The minimum Gasteiger partial charge on any atom is -0.383 e. The topological polar surface area (TPSA) is 108 Å². The van der Waals surface area contributed by atoms with Gasteiger partial charge in [0.05, 0.1) is 12.7 Å². The monoisotopic (exact) mass is 508 g/mol. The van der Waals surface area contributed by atoms with Gasteiger partial charge in [-0.25, -0.2) is 9.37 Å². The molecule has 2 aromatic carbocycles. The quantitative estimate of drug-likeness (QED) is 0.329.